The maximum atomic E-state index is 13.9. The number of ether oxygens (including phenoxy) is 1. The summed E-state index contributed by atoms with van der Waals surface area (Å²) in [6.45, 7) is 1.65. The van der Waals surface area contributed by atoms with Crippen LogP contribution in [0.25, 0.3) is 0 Å². The number of para-hydroxylation sites is 1. The summed E-state index contributed by atoms with van der Waals surface area (Å²) in [5, 5.41) is 3.60. The summed E-state index contributed by atoms with van der Waals surface area (Å²) in [7, 11) is 0. The first-order valence-electron chi connectivity index (χ1n) is 10.7. The Bertz CT molecular complexity index is 902. The molecule has 166 valence electrons. The van der Waals surface area contributed by atoms with Gasteiger partial charge in [-0.25, -0.2) is 4.39 Å². The predicted molar refractivity (Wildman–Crippen MR) is 118 cm³/mol. The number of benzene rings is 2. The number of nitrogens with one attached hydrogen (secondary N) is 1. The first-order valence-corrected chi connectivity index (χ1v) is 11.1. The van der Waals surface area contributed by atoms with Gasteiger partial charge in [0.1, 0.15) is 6.04 Å². The average molecular weight is 447 g/mol. The van der Waals surface area contributed by atoms with Gasteiger partial charge in [-0.1, -0.05) is 61.7 Å². The van der Waals surface area contributed by atoms with Gasteiger partial charge in [0.05, 0.1) is 0 Å². The van der Waals surface area contributed by atoms with Crippen molar-refractivity contribution in [3.8, 4) is 5.75 Å². The van der Waals surface area contributed by atoms with Crippen molar-refractivity contribution in [3.63, 3.8) is 0 Å². The first kappa shape index (κ1) is 23.1. The SMILES string of the molecule is CCC(C(=O)NC1CCCC1)N(Cc1ccccc1Cl)C(=O)COc1ccccc1F. The van der Waals surface area contributed by atoms with Gasteiger partial charge in [-0.3, -0.25) is 9.59 Å². The van der Waals surface area contributed by atoms with E-state index in [1.54, 1.807) is 18.2 Å². The summed E-state index contributed by atoms with van der Waals surface area (Å²) in [4.78, 5) is 27.7. The molecule has 1 N–H and O–H groups in total. The molecule has 1 aliphatic rings. The molecule has 1 unspecified atom stereocenters. The highest BCUT2D eigenvalue weighted by Crippen LogP contribution is 2.22. The molecule has 1 aliphatic carbocycles. The lowest BCUT2D eigenvalue weighted by molar-refractivity contribution is -0.143. The lowest BCUT2D eigenvalue weighted by Gasteiger charge is -2.31. The van der Waals surface area contributed by atoms with Crippen LogP contribution in [0.15, 0.2) is 48.5 Å². The second-order valence-electron chi connectivity index (χ2n) is 7.75. The zero-order valence-corrected chi connectivity index (χ0v) is 18.4. The second-order valence-corrected chi connectivity index (χ2v) is 8.15. The third-order valence-corrected chi connectivity index (χ3v) is 5.94. The van der Waals surface area contributed by atoms with E-state index < -0.39 is 17.8 Å². The lowest BCUT2D eigenvalue weighted by Crippen LogP contribution is -2.52. The number of halogens is 2. The highest BCUT2D eigenvalue weighted by atomic mass is 35.5. The van der Waals surface area contributed by atoms with Crippen molar-refractivity contribution in [2.45, 2.75) is 57.7 Å². The summed E-state index contributed by atoms with van der Waals surface area (Å²) in [5.41, 5.74) is 0.732. The Hall–Kier alpha value is -2.60. The number of nitrogens with zero attached hydrogens (tertiary/aromatic N) is 1. The van der Waals surface area contributed by atoms with Gasteiger partial charge in [0.25, 0.3) is 5.91 Å². The van der Waals surface area contributed by atoms with Crippen LogP contribution in [-0.2, 0) is 16.1 Å². The van der Waals surface area contributed by atoms with Crippen molar-refractivity contribution in [3.05, 3.63) is 64.9 Å². The summed E-state index contributed by atoms with van der Waals surface area (Å²) >= 11 is 6.31. The average Bonchev–Trinajstić information content (AvgIpc) is 3.27. The quantitative estimate of drug-likeness (QED) is 0.606. The van der Waals surface area contributed by atoms with E-state index in [2.05, 4.69) is 5.32 Å². The molecule has 1 saturated carbocycles. The van der Waals surface area contributed by atoms with Crippen LogP contribution in [0, 0.1) is 5.82 Å². The van der Waals surface area contributed by atoms with E-state index in [1.165, 1.54) is 17.0 Å². The van der Waals surface area contributed by atoms with Gasteiger partial charge >= 0.3 is 0 Å². The van der Waals surface area contributed by atoms with E-state index in [1.807, 2.05) is 25.1 Å². The lowest BCUT2D eigenvalue weighted by atomic mass is 10.1. The highest BCUT2D eigenvalue weighted by Gasteiger charge is 2.31. The molecule has 7 heteroatoms. The standard InChI is InChI=1S/C24H28ClFN2O3/c1-2-21(24(30)27-18-10-4-5-11-18)28(15-17-9-3-6-12-19(17)25)23(29)16-31-22-14-8-7-13-20(22)26/h3,6-9,12-14,18,21H,2,4-5,10-11,15-16H2,1H3,(H,27,30). The molecule has 0 aliphatic heterocycles. The van der Waals surface area contributed by atoms with Gasteiger partial charge in [0, 0.05) is 17.6 Å². The zero-order chi connectivity index (χ0) is 22.2. The molecule has 1 fully saturated rings. The number of hydrogen-bond acceptors (Lipinski definition) is 3. The molecule has 0 heterocycles. The molecule has 5 nitrogen and oxygen atoms in total. The Labute approximate surface area is 187 Å². The van der Waals surface area contributed by atoms with Gasteiger partial charge in [-0.15, -0.1) is 0 Å². The topological polar surface area (TPSA) is 58.6 Å². The normalized spacial score (nSPS) is 14.8. The second kappa shape index (κ2) is 11.1. The summed E-state index contributed by atoms with van der Waals surface area (Å²) in [5.74, 6) is -1.13. The van der Waals surface area contributed by atoms with Crippen molar-refractivity contribution >= 4 is 23.4 Å². The van der Waals surface area contributed by atoms with Gasteiger partial charge < -0.3 is 15.0 Å². The highest BCUT2D eigenvalue weighted by molar-refractivity contribution is 6.31. The van der Waals surface area contributed by atoms with Crippen LogP contribution in [0.2, 0.25) is 5.02 Å². The Morgan fingerprint density at radius 3 is 2.52 bits per heavy atom. The molecule has 0 bridgehead atoms. The summed E-state index contributed by atoms with van der Waals surface area (Å²) in [6, 6.07) is 12.6. The van der Waals surface area contributed by atoms with Crippen LogP contribution in [0.5, 0.6) is 5.75 Å². The van der Waals surface area contributed by atoms with E-state index in [9.17, 15) is 14.0 Å². The van der Waals surface area contributed by atoms with Crippen molar-refractivity contribution in [2.75, 3.05) is 6.61 Å². The Balaban J connectivity index is 1.78. The van der Waals surface area contributed by atoms with Gasteiger partial charge in [0.15, 0.2) is 18.2 Å². The smallest absolute Gasteiger partial charge is 0.261 e. The van der Waals surface area contributed by atoms with Crippen LogP contribution < -0.4 is 10.1 Å². The minimum absolute atomic E-state index is 0.00278. The Morgan fingerprint density at radius 2 is 1.84 bits per heavy atom. The molecule has 3 rings (SSSR count). The molecule has 0 spiro atoms. The van der Waals surface area contributed by atoms with Gasteiger partial charge in [-0.2, -0.15) is 0 Å². The predicted octanol–water partition coefficient (Wildman–Crippen LogP) is 4.72. The summed E-state index contributed by atoms with van der Waals surface area (Å²) in [6.07, 6.45) is 4.55. The Morgan fingerprint density at radius 1 is 1.16 bits per heavy atom. The molecular formula is C24H28ClFN2O3. The third-order valence-electron chi connectivity index (χ3n) is 5.57. The van der Waals surface area contributed by atoms with Crippen LogP contribution in [0.1, 0.15) is 44.6 Å². The van der Waals surface area contributed by atoms with Crippen LogP contribution in [0.3, 0.4) is 0 Å². The first-order chi connectivity index (χ1) is 15.0. The Kier molecular flexibility index (Phi) is 8.29. The largest absolute Gasteiger partial charge is 0.481 e. The minimum Gasteiger partial charge on any atom is -0.481 e. The molecular weight excluding hydrogens is 419 g/mol. The van der Waals surface area contributed by atoms with Crippen molar-refractivity contribution in [1.82, 2.24) is 10.2 Å². The van der Waals surface area contributed by atoms with Gasteiger partial charge in [0.2, 0.25) is 5.91 Å². The summed E-state index contributed by atoms with van der Waals surface area (Å²) < 4.78 is 19.3. The molecule has 2 aromatic rings. The molecule has 31 heavy (non-hydrogen) atoms. The fourth-order valence-electron chi connectivity index (χ4n) is 3.88. The maximum Gasteiger partial charge on any atom is 0.261 e. The third kappa shape index (κ3) is 6.20. The molecule has 2 aromatic carbocycles. The van der Waals surface area contributed by atoms with E-state index >= 15 is 0 Å². The van der Waals surface area contributed by atoms with Crippen molar-refractivity contribution < 1.29 is 18.7 Å². The fraction of sp³-hybridized carbons (Fsp3) is 0.417. The fourth-order valence-corrected chi connectivity index (χ4v) is 4.08. The number of hydrogen-bond donors (Lipinski definition) is 1. The molecule has 1 atom stereocenters. The van der Waals surface area contributed by atoms with Crippen molar-refractivity contribution in [1.29, 1.82) is 0 Å². The molecule has 2 amide bonds. The number of rotatable bonds is 9. The maximum absolute atomic E-state index is 13.9. The van der Waals surface area contributed by atoms with E-state index in [0.717, 1.165) is 31.2 Å². The molecule has 0 aromatic heterocycles. The van der Waals surface area contributed by atoms with Crippen LogP contribution in [0.4, 0.5) is 4.39 Å². The molecule has 0 saturated heterocycles. The van der Waals surface area contributed by atoms with E-state index in [-0.39, 0.29) is 30.9 Å². The number of carbonyl (C=O) groups is 2. The van der Waals surface area contributed by atoms with E-state index in [4.69, 9.17) is 16.3 Å². The van der Waals surface area contributed by atoms with E-state index in [0.29, 0.717) is 11.4 Å². The van der Waals surface area contributed by atoms with Crippen LogP contribution >= 0.6 is 11.6 Å². The number of amides is 2. The zero-order valence-electron chi connectivity index (χ0n) is 17.7. The molecule has 0 radical (unpaired) electrons. The van der Waals surface area contributed by atoms with Crippen LogP contribution in [-0.4, -0.2) is 35.4 Å². The monoisotopic (exact) mass is 446 g/mol. The number of carbonyl (C=O) groups excluding carboxylic acids is 2. The van der Waals surface area contributed by atoms with Crippen molar-refractivity contribution in [2.24, 2.45) is 0 Å². The van der Waals surface area contributed by atoms with Gasteiger partial charge in [-0.05, 0) is 43.0 Å². The minimum atomic E-state index is -0.673.